The lowest BCUT2D eigenvalue weighted by atomic mass is 10.1. The fourth-order valence-electron chi connectivity index (χ4n) is 4.05. The molecule has 0 aliphatic heterocycles. The standard InChI is InChI=1S/C29H18F3N3O2S/c30-29(31,32)21-13-11-19(12-14-21)24-15-22(37-35-24)16-36-27-25-23(18-7-3-1-4-8-18)17-38-28(25)34-26(33-27)20-9-5-2-6-10-20/h1-15,17H,16H2. The molecule has 0 amide bonds. The van der Waals surface area contributed by atoms with Crippen molar-refractivity contribution < 1.29 is 22.4 Å². The van der Waals surface area contributed by atoms with Gasteiger partial charge in [0.2, 0.25) is 5.88 Å². The van der Waals surface area contributed by atoms with Gasteiger partial charge in [-0.25, -0.2) is 4.98 Å². The van der Waals surface area contributed by atoms with Gasteiger partial charge in [0.1, 0.15) is 10.5 Å². The number of thiophene rings is 1. The molecule has 0 saturated heterocycles. The van der Waals surface area contributed by atoms with Crippen molar-refractivity contribution in [3.8, 4) is 39.7 Å². The molecule has 0 spiro atoms. The number of rotatable bonds is 6. The Morgan fingerprint density at radius 2 is 1.47 bits per heavy atom. The summed E-state index contributed by atoms with van der Waals surface area (Å²) in [5.74, 6) is 1.35. The van der Waals surface area contributed by atoms with Gasteiger partial charge in [0.25, 0.3) is 0 Å². The number of fused-ring (bicyclic) bond motifs is 1. The van der Waals surface area contributed by atoms with Crippen LogP contribution in [0, 0.1) is 0 Å². The second kappa shape index (κ2) is 9.75. The quantitative estimate of drug-likeness (QED) is 0.217. The van der Waals surface area contributed by atoms with E-state index in [4.69, 9.17) is 19.2 Å². The van der Waals surface area contributed by atoms with E-state index in [1.54, 1.807) is 6.07 Å². The Hall–Kier alpha value is -4.50. The van der Waals surface area contributed by atoms with Gasteiger partial charge in [-0.2, -0.15) is 18.2 Å². The number of aromatic nitrogens is 3. The van der Waals surface area contributed by atoms with Crippen LogP contribution in [0.3, 0.4) is 0 Å². The van der Waals surface area contributed by atoms with Crippen LogP contribution >= 0.6 is 11.3 Å². The summed E-state index contributed by atoms with van der Waals surface area (Å²) in [4.78, 5) is 10.3. The molecule has 0 radical (unpaired) electrons. The number of hydrogen-bond donors (Lipinski definition) is 0. The smallest absolute Gasteiger partial charge is 0.416 e. The highest BCUT2D eigenvalue weighted by molar-refractivity contribution is 7.17. The normalized spacial score (nSPS) is 11.7. The van der Waals surface area contributed by atoms with Gasteiger partial charge in [-0.15, -0.1) is 11.3 Å². The van der Waals surface area contributed by atoms with Gasteiger partial charge >= 0.3 is 6.18 Å². The van der Waals surface area contributed by atoms with E-state index in [0.29, 0.717) is 28.7 Å². The number of hydrogen-bond acceptors (Lipinski definition) is 6. The van der Waals surface area contributed by atoms with Crippen molar-refractivity contribution in [2.45, 2.75) is 12.8 Å². The molecule has 0 aliphatic rings. The summed E-state index contributed by atoms with van der Waals surface area (Å²) < 4.78 is 50.3. The predicted octanol–water partition coefficient (Wildman–Crippen LogP) is 8.28. The number of nitrogens with zero attached hydrogens (tertiary/aromatic N) is 3. The minimum atomic E-state index is -4.40. The zero-order chi connectivity index (χ0) is 26.1. The maximum absolute atomic E-state index is 12.9. The highest BCUT2D eigenvalue weighted by atomic mass is 32.1. The van der Waals surface area contributed by atoms with Gasteiger partial charge in [-0.1, -0.05) is 78.0 Å². The molecule has 3 aromatic carbocycles. The molecule has 6 rings (SSSR count). The number of benzene rings is 3. The van der Waals surface area contributed by atoms with E-state index in [2.05, 4.69) is 5.16 Å². The summed E-state index contributed by atoms with van der Waals surface area (Å²) in [5.41, 5.74) is 3.04. The molecular weight excluding hydrogens is 511 g/mol. The molecule has 38 heavy (non-hydrogen) atoms. The maximum atomic E-state index is 12.9. The van der Waals surface area contributed by atoms with Crippen LogP contribution < -0.4 is 4.74 Å². The lowest BCUT2D eigenvalue weighted by Gasteiger charge is -2.09. The minimum absolute atomic E-state index is 0.0258. The first-order valence-electron chi connectivity index (χ1n) is 11.6. The average molecular weight is 530 g/mol. The van der Waals surface area contributed by atoms with Gasteiger partial charge in [-0.05, 0) is 17.7 Å². The molecule has 0 atom stereocenters. The summed E-state index contributed by atoms with van der Waals surface area (Å²) in [6.45, 7) is 0.0258. The SMILES string of the molecule is FC(F)(F)c1ccc(-c2cc(COc3nc(-c4ccccc4)nc4scc(-c5ccccc5)c34)on2)cc1. The van der Waals surface area contributed by atoms with Crippen LogP contribution in [0.1, 0.15) is 11.3 Å². The fourth-order valence-corrected chi connectivity index (χ4v) is 4.99. The van der Waals surface area contributed by atoms with Crippen molar-refractivity contribution in [2.75, 3.05) is 0 Å². The molecule has 0 unspecified atom stereocenters. The molecule has 5 nitrogen and oxygen atoms in total. The van der Waals surface area contributed by atoms with Gasteiger partial charge in [0.15, 0.2) is 18.2 Å². The van der Waals surface area contributed by atoms with Crippen LogP contribution in [0.5, 0.6) is 5.88 Å². The molecular formula is C29H18F3N3O2S. The average Bonchev–Trinajstić information content (AvgIpc) is 3.60. The predicted molar refractivity (Wildman–Crippen MR) is 140 cm³/mol. The zero-order valence-corrected chi connectivity index (χ0v) is 20.5. The molecule has 6 aromatic rings. The van der Waals surface area contributed by atoms with Crippen molar-refractivity contribution >= 4 is 21.6 Å². The molecule has 0 aliphatic carbocycles. The first-order chi connectivity index (χ1) is 18.5. The molecule has 0 fully saturated rings. The molecule has 3 heterocycles. The Morgan fingerprint density at radius 3 is 2.16 bits per heavy atom. The fraction of sp³-hybridized carbons (Fsp3) is 0.0690. The summed E-state index contributed by atoms with van der Waals surface area (Å²) in [6, 6.07) is 26.0. The van der Waals surface area contributed by atoms with Crippen LogP contribution in [-0.2, 0) is 12.8 Å². The van der Waals surface area contributed by atoms with Crippen LogP contribution in [0.15, 0.2) is 101 Å². The largest absolute Gasteiger partial charge is 0.469 e. The molecule has 3 aromatic heterocycles. The van der Waals surface area contributed by atoms with Crippen LogP contribution in [-0.4, -0.2) is 15.1 Å². The summed E-state index contributed by atoms with van der Waals surface area (Å²) in [5, 5.41) is 6.84. The third-order valence-electron chi connectivity index (χ3n) is 5.94. The van der Waals surface area contributed by atoms with E-state index in [1.807, 2.05) is 66.0 Å². The van der Waals surface area contributed by atoms with Crippen LogP contribution in [0.4, 0.5) is 13.2 Å². The van der Waals surface area contributed by atoms with Gasteiger partial charge in [0, 0.05) is 28.1 Å². The molecule has 0 N–H and O–H groups in total. The van der Waals surface area contributed by atoms with Crippen LogP contribution in [0.2, 0.25) is 0 Å². The highest BCUT2D eigenvalue weighted by Crippen LogP contribution is 2.39. The summed E-state index contributed by atoms with van der Waals surface area (Å²) in [6.07, 6.45) is -4.40. The number of alkyl halides is 3. The van der Waals surface area contributed by atoms with E-state index in [-0.39, 0.29) is 6.61 Å². The summed E-state index contributed by atoms with van der Waals surface area (Å²) >= 11 is 1.51. The second-order valence-electron chi connectivity index (χ2n) is 8.46. The first kappa shape index (κ1) is 23.9. The van der Waals surface area contributed by atoms with E-state index < -0.39 is 11.7 Å². The van der Waals surface area contributed by atoms with E-state index in [0.717, 1.165) is 39.0 Å². The Labute approximate surface area is 219 Å². The third-order valence-corrected chi connectivity index (χ3v) is 6.81. The first-order valence-corrected chi connectivity index (χ1v) is 12.5. The van der Waals surface area contributed by atoms with Gasteiger partial charge < -0.3 is 9.26 Å². The number of ether oxygens (including phenoxy) is 1. The Morgan fingerprint density at radius 1 is 0.789 bits per heavy atom. The van der Waals surface area contributed by atoms with Crippen molar-refractivity contribution in [3.63, 3.8) is 0 Å². The number of halogens is 3. The molecule has 188 valence electrons. The zero-order valence-electron chi connectivity index (χ0n) is 19.6. The van der Waals surface area contributed by atoms with Crippen molar-refractivity contribution in [2.24, 2.45) is 0 Å². The Bertz CT molecular complexity index is 1700. The maximum Gasteiger partial charge on any atom is 0.416 e. The van der Waals surface area contributed by atoms with Crippen molar-refractivity contribution in [1.82, 2.24) is 15.1 Å². The lowest BCUT2D eigenvalue weighted by molar-refractivity contribution is -0.137. The molecule has 0 bridgehead atoms. The highest BCUT2D eigenvalue weighted by Gasteiger charge is 2.30. The van der Waals surface area contributed by atoms with E-state index in [1.165, 1.54) is 23.5 Å². The molecule has 0 saturated carbocycles. The van der Waals surface area contributed by atoms with Gasteiger partial charge in [0.05, 0.1) is 10.9 Å². The third kappa shape index (κ3) is 4.76. The Kier molecular flexibility index (Phi) is 6.13. The van der Waals surface area contributed by atoms with Crippen molar-refractivity contribution in [1.29, 1.82) is 0 Å². The molecule has 9 heteroatoms. The van der Waals surface area contributed by atoms with Crippen molar-refractivity contribution in [3.05, 3.63) is 108 Å². The lowest BCUT2D eigenvalue weighted by Crippen LogP contribution is -2.03. The second-order valence-corrected chi connectivity index (χ2v) is 9.31. The topological polar surface area (TPSA) is 61.0 Å². The van der Waals surface area contributed by atoms with E-state index >= 15 is 0 Å². The van der Waals surface area contributed by atoms with Gasteiger partial charge in [-0.3, -0.25) is 0 Å². The van der Waals surface area contributed by atoms with E-state index in [9.17, 15) is 13.2 Å². The Balaban J connectivity index is 1.33. The monoisotopic (exact) mass is 529 g/mol. The van der Waals surface area contributed by atoms with Crippen LogP contribution in [0.25, 0.3) is 44.0 Å². The summed E-state index contributed by atoms with van der Waals surface area (Å²) in [7, 11) is 0. The minimum Gasteiger partial charge on any atom is -0.469 e.